The molecule has 1 aromatic rings. The van der Waals surface area contributed by atoms with E-state index in [0.29, 0.717) is 6.04 Å². The minimum Gasteiger partial charge on any atom is -0.491 e. The van der Waals surface area contributed by atoms with E-state index in [4.69, 9.17) is 4.74 Å². The molecule has 0 aromatic heterocycles. The molecule has 0 spiro atoms. The quantitative estimate of drug-likeness (QED) is 0.655. The van der Waals surface area contributed by atoms with Gasteiger partial charge in [0, 0.05) is 18.2 Å². The van der Waals surface area contributed by atoms with E-state index in [1.165, 1.54) is 37.7 Å². The molecule has 2 nitrogen and oxygen atoms in total. The van der Waals surface area contributed by atoms with Crippen molar-refractivity contribution in [1.29, 1.82) is 0 Å². The highest BCUT2D eigenvalue weighted by Gasteiger charge is 2.09. The maximum absolute atomic E-state index is 5.88. The van der Waals surface area contributed by atoms with Gasteiger partial charge in [0.1, 0.15) is 5.75 Å². The second-order valence-corrected chi connectivity index (χ2v) is 5.78. The lowest BCUT2D eigenvalue weighted by atomic mass is 10.0. The topological polar surface area (TPSA) is 21.3 Å². The molecule has 1 rings (SSSR count). The molecule has 2 heteroatoms. The predicted octanol–water partition coefficient (Wildman–Crippen LogP) is 4.92. The fourth-order valence-electron chi connectivity index (χ4n) is 2.42. The van der Waals surface area contributed by atoms with Gasteiger partial charge in [0.2, 0.25) is 0 Å². The molecule has 0 amide bonds. The van der Waals surface area contributed by atoms with Crippen molar-refractivity contribution in [2.24, 2.45) is 0 Å². The average Bonchev–Trinajstić information content (AvgIpc) is 2.42. The lowest BCUT2D eigenvalue weighted by Crippen LogP contribution is -2.28. The molecule has 1 unspecified atom stereocenters. The summed E-state index contributed by atoms with van der Waals surface area (Å²) in [6.45, 7) is 9.57. The Morgan fingerprint density at radius 3 is 2.45 bits per heavy atom. The third-order valence-corrected chi connectivity index (χ3v) is 3.46. The van der Waals surface area contributed by atoms with Crippen molar-refractivity contribution >= 4 is 0 Å². The zero-order valence-corrected chi connectivity index (χ0v) is 13.6. The van der Waals surface area contributed by atoms with Gasteiger partial charge in [-0.1, -0.05) is 51.3 Å². The fourth-order valence-corrected chi connectivity index (χ4v) is 2.42. The van der Waals surface area contributed by atoms with Crippen molar-refractivity contribution < 1.29 is 4.74 Å². The summed E-state index contributed by atoms with van der Waals surface area (Å²) >= 11 is 0. The third-order valence-electron chi connectivity index (χ3n) is 3.46. The Kier molecular flexibility index (Phi) is 8.36. The van der Waals surface area contributed by atoms with Gasteiger partial charge in [0.25, 0.3) is 0 Å². The number of hydrogen-bond acceptors (Lipinski definition) is 2. The van der Waals surface area contributed by atoms with Crippen molar-refractivity contribution in [2.75, 3.05) is 0 Å². The number of benzene rings is 1. The third kappa shape index (κ3) is 6.42. The Bertz CT molecular complexity index is 362. The van der Waals surface area contributed by atoms with Crippen LogP contribution in [0.2, 0.25) is 0 Å². The van der Waals surface area contributed by atoms with Crippen molar-refractivity contribution in [2.45, 2.75) is 78.5 Å². The van der Waals surface area contributed by atoms with Crippen molar-refractivity contribution in [3.8, 4) is 5.75 Å². The summed E-state index contributed by atoms with van der Waals surface area (Å²) in [6.07, 6.45) is 6.58. The van der Waals surface area contributed by atoms with E-state index in [-0.39, 0.29) is 6.10 Å². The summed E-state index contributed by atoms with van der Waals surface area (Å²) in [5, 5.41) is 3.71. The lowest BCUT2D eigenvalue weighted by molar-refractivity contribution is 0.239. The van der Waals surface area contributed by atoms with Crippen LogP contribution in [-0.4, -0.2) is 12.1 Å². The normalized spacial score (nSPS) is 12.7. The maximum Gasteiger partial charge on any atom is 0.124 e. The van der Waals surface area contributed by atoms with E-state index in [1.54, 1.807) is 0 Å². The lowest BCUT2D eigenvalue weighted by Gasteiger charge is -2.20. The van der Waals surface area contributed by atoms with Crippen LogP contribution in [0.15, 0.2) is 24.3 Å². The van der Waals surface area contributed by atoms with Crippen LogP contribution in [0.25, 0.3) is 0 Å². The second kappa shape index (κ2) is 9.82. The first-order chi connectivity index (χ1) is 9.67. The van der Waals surface area contributed by atoms with Crippen molar-refractivity contribution in [3.63, 3.8) is 0 Å². The summed E-state index contributed by atoms with van der Waals surface area (Å²) in [5.41, 5.74) is 1.26. The Balaban J connectivity index is 2.57. The average molecular weight is 277 g/mol. The highest BCUT2D eigenvalue weighted by atomic mass is 16.5. The standard InChI is InChI=1S/C18H31NO/c1-5-7-12-17(10-6-2)19-14-16-11-8-9-13-18(16)20-15(3)4/h8-9,11,13,15,17,19H,5-7,10,12,14H2,1-4H3. The van der Waals surface area contributed by atoms with Crippen molar-refractivity contribution in [1.82, 2.24) is 5.32 Å². The van der Waals surface area contributed by atoms with Gasteiger partial charge in [0.15, 0.2) is 0 Å². The molecule has 1 N–H and O–H groups in total. The largest absolute Gasteiger partial charge is 0.491 e. The number of para-hydroxylation sites is 1. The van der Waals surface area contributed by atoms with Crippen LogP contribution in [0.1, 0.15) is 65.4 Å². The summed E-state index contributed by atoms with van der Waals surface area (Å²) in [5.74, 6) is 1.01. The molecule has 0 aliphatic rings. The molecule has 1 atom stereocenters. The van der Waals surface area contributed by atoms with Crippen LogP contribution < -0.4 is 10.1 Å². The van der Waals surface area contributed by atoms with Crippen LogP contribution in [0, 0.1) is 0 Å². The Morgan fingerprint density at radius 2 is 1.80 bits per heavy atom. The second-order valence-electron chi connectivity index (χ2n) is 5.78. The summed E-state index contributed by atoms with van der Waals surface area (Å²) in [7, 11) is 0. The van der Waals surface area contributed by atoms with E-state index >= 15 is 0 Å². The minimum atomic E-state index is 0.225. The van der Waals surface area contributed by atoms with Gasteiger partial charge in [-0.3, -0.25) is 0 Å². The summed E-state index contributed by atoms with van der Waals surface area (Å²) < 4.78 is 5.88. The number of unbranched alkanes of at least 4 members (excludes halogenated alkanes) is 1. The maximum atomic E-state index is 5.88. The number of hydrogen-bond donors (Lipinski definition) is 1. The molecule has 0 fully saturated rings. The van der Waals surface area contributed by atoms with Gasteiger partial charge in [-0.05, 0) is 32.8 Å². The molecule has 0 aliphatic carbocycles. The molecule has 114 valence electrons. The Morgan fingerprint density at radius 1 is 1.05 bits per heavy atom. The van der Waals surface area contributed by atoms with Crippen LogP contribution in [-0.2, 0) is 6.54 Å². The molecule has 1 aromatic carbocycles. The number of ether oxygens (including phenoxy) is 1. The highest BCUT2D eigenvalue weighted by molar-refractivity contribution is 5.33. The van der Waals surface area contributed by atoms with Gasteiger partial charge in [-0.15, -0.1) is 0 Å². The van der Waals surface area contributed by atoms with E-state index in [2.05, 4.69) is 51.2 Å². The first-order valence-electron chi connectivity index (χ1n) is 8.15. The van der Waals surface area contributed by atoms with Crippen LogP contribution >= 0.6 is 0 Å². The van der Waals surface area contributed by atoms with Gasteiger partial charge in [-0.2, -0.15) is 0 Å². The van der Waals surface area contributed by atoms with Gasteiger partial charge < -0.3 is 10.1 Å². The predicted molar refractivity (Wildman–Crippen MR) is 87.3 cm³/mol. The summed E-state index contributed by atoms with van der Waals surface area (Å²) in [4.78, 5) is 0. The minimum absolute atomic E-state index is 0.225. The van der Waals surface area contributed by atoms with Crippen LogP contribution in [0.5, 0.6) is 5.75 Å². The van der Waals surface area contributed by atoms with Crippen LogP contribution in [0.4, 0.5) is 0 Å². The number of rotatable bonds is 10. The molecule has 0 aliphatic heterocycles. The molecule has 0 heterocycles. The summed E-state index contributed by atoms with van der Waals surface area (Å²) in [6, 6.07) is 8.99. The zero-order valence-electron chi connectivity index (χ0n) is 13.6. The highest BCUT2D eigenvalue weighted by Crippen LogP contribution is 2.20. The van der Waals surface area contributed by atoms with Gasteiger partial charge >= 0.3 is 0 Å². The molecule has 0 radical (unpaired) electrons. The van der Waals surface area contributed by atoms with E-state index in [1.807, 2.05) is 6.07 Å². The van der Waals surface area contributed by atoms with E-state index in [9.17, 15) is 0 Å². The fraction of sp³-hybridized carbons (Fsp3) is 0.667. The zero-order chi connectivity index (χ0) is 14.8. The van der Waals surface area contributed by atoms with Crippen LogP contribution in [0.3, 0.4) is 0 Å². The first-order valence-corrected chi connectivity index (χ1v) is 8.15. The van der Waals surface area contributed by atoms with Gasteiger partial charge in [0.05, 0.1) is 6.10 Å². The molecule has 0 saturated carbocycles. The van der Waals surface area contributed by atoms with E-state index < -0.39 is 0 Å². The number of nitrogens with one attached hydrogen (secondary N) is 1. The van der Waals surface area contributed by atoms with E-state index in [0.717, 1.165) is 12.3 Å². The van der Waals surface area contributed by atoms with Crippen molar-refractivity contribution in [3.05, 3.63) is 29.8 Å². The molecule has 0 saturated heterocycles. The molecular weight excluding hydrogens is 246 g/mol. The Hall–Kier alpha value is -1.02. The molecule has 0 bridgehead atoms. The smallest absolute Gasteiger partial charge is 0.124 e. The molecule has 20 heavy (non-hydrogen) atoms. The monoisotopic (exact) mass is 277 g/mol. The molecular formula is C18H31NO. The SMILES string of the molecule is CCCCC(CCC)NCc1ccccc1OC(C)C. The van der Waals surface area contributed by atoms with Gasteiger partial charge in [-0.25, -0.2) is 0 Å². The first kappa shape index (κ1) is 17.0. The Labute approximate surface area is 124 Å².